The molecule has 0 aromatic heterocycles. The molecule has 0 N–H and O–H groups in total. The lowest BCUT2D eigenvalue weighted by Gasteiger charge is -2.43. The van der Waals surface area contributed by atoms with E-state index in [0.717, 1.165) is 24.9 Å². The fourth-order valence-corrected chi connectivity index (χ4v) is 6.77. The molecule has 1 spiro atoms. The van der Waals surface area contributed by atoms with Gasteiger partial charge in [0.25, 0.3) is 11.8 Å². The molecule has 8 heteroatoms. The van der Waals surface area contributed by atoms with E-state index in [2.05, 4.69) is 29.2 Å². The molecule has 0 saturated carbocycles. The van der Waals surface area contributed by atoms with Crippen molar-refractivity contribution in [3.63, 3.8) is 0 Å². The van der Waals surface area contributed by atoms with Gasteiger partial charge >= 0.3 is 0 Å². The average Bonchev–Trinajstić information content (AvgIpc) is 3.29. The number of hydrogen-bond acceptors (Lipinski definition) is 4. The molecule has 3 amide bonds. The Hall–Kier alpha value is -4.20. The lowest BCUT2D eigenvalue weighted by atomic mass is 9.85. The quantitative estimate of drug-likeness (QED) is 0.437. The van der Waals surface area contributed by atoms with Crippen LogP contribution < -0.4 is 4.90 Å². The number of halogens is 1. The molecular weight excluding hydrogens is 531 g/mol. The highest BCUT2D eigenvalue weighted by molar-refractivity contribution is 5.97. The SMILES string of the molecule is O=C(CN1CN(c2ccccc2)C2(CCN(C(=O)c3ccc(F)cc3)CC2)C1=O)N1CCC(Cc2ccccc2)CC1. The smallest absolute Gasteiger partial charge is 0.253 e. The van der Waals surface area contributed by atoms with Crippen LogP contribution >= 0.6 is 0 Å². The van der Waals surface area contributed by atoms with Gasteiger partial charge in [0.15, 0.2) is 0 Å². The van der Waals surface area contributed by atoms with E-state index in [-0.39, 0.29) is 30.1 Å². The molecular formula is C34H37FN4O3. The molecule has 0 atom stereocenters. The van der Waals surface area contributed by atoms with Crippen LogP contribution in [0.3, 0.4) is 0 Å². The summed E-state index contributed by atoms with van der Waals surface area (Å²) in [6.45, 7) is 2.64. The van der Waals surface area contributed by atoms with Crippen molar-refractivity contribution in [2.75, 3.05) is 44.3 Å². The van der Waals surface area contributed by atoms with Crippen molar-refractivity contribution in [2.45, 2.75) is 37.6 Å². The number of amides is 3. The molecule has 0 radical (unpaired) electrons. The summed E-state index contributed by atoms with van der Waals surface area (Å²) in [5.74, 6) is -0.0396. The van der Waals surface area contributed by atoms with Crippen LogP contribution in [0.15, 0.2) is 84.9 Å². The Labute approximate surface area is 246 Å². The molecule has 7 nitrogen and oxygen atoms in total. The van der Waals surface area contributed by atoms with Crippen molar-refractivity contribution in [3.05, 3.63) is 102 Å². The van der Waals surface area contributed by atoms with Gasteiger partial charge in [-0.2, -0.15) is 0 Å². The first-order valence-corrected chi connectivity index (χ1v) is 14.9. The van der Waals surface area contributed by atoms with E-state index in [0.29, 0.717) is 57.2 Å². The minimum atomic E-state index is -0.816. The maximum atomic E-state index is 14.1. The Kier molecular flexibility index (Phi) is 7.96. The van der Waals surface area contributed by atoms with Gasteiger partial charge in [-0.3, -0.25) is 14.4 Å². The van der Waals surface area contributed by atoms with E-state index in [9.17, 15) is 18.8 Å². The van der Waals surface area contributed by atoms with Crippen molar-refractivity contribution in [1.29, 1.82) is 0 Å². The number of piperidine rings is 2. The van der Waals surface area contributed by atoms with Gasteiger partial charge in [-0.05, 0) is 80.0 Å². The molecule has 0 aliphatic carbocycles. The Morgan fingerprint density at radius 3 is 2.05 bits per heavy atom. The van der Waals surface area contributed by atoms with Crippen molar-refractivity contribution in [3.8, 4) is 0 Å². The highest BCUT2D eigenvalue weighted by Crippen LogP contribution is 2.40. The van der Waals surface area contributed by atoms with Crippen LogP contribution in [0, 0.1) is 11.7 Å². The van der Waals surface area contributed by atoms with E-state index in [1.807, 2.05) is 41.3 Å². The molecule has 42 heavy (non-hydrogen) atoms. The molecule has 3 heterocycles. The number of likely N-dealkylation sites (tertiary alicyclic amines) is 2. The van der Waals surface area contributed by atoms with Gasteiger partial charge < -0.3 is 19.6 Å². The third kappa shape index (κ3) is 5.62. The van der Waals surface area contributed by atoms with Crippen LogP contribution in [0.25, 0.3) is 0 Å². The van der Waals surface area contributed by atoms with E-state index in [1.165, 1.54) is 29.8 Å². The Bertz CT molecular complexity index is 1400. The normalized spacial score (nSPS) is 19.0. The summed E-state index contributed by atoms with van der Waals surface area (Å²) in [6.07, 6.45) is 3.88. The van der Waals surface area contributed by atoms with E-state index < -0.39 is 5.54 Å². The molecule has 3 saturated heterocycles. The number of carbonyl (C=O) groups is 3. The summed E-state index contributed by atoms with van der Waals surface area (Å²) >= 11 is 0. The maximum Gasteiger partial charge on any atom is 0.253 e. The van der Waals surface area contributed by atoms with Gasteiger partial charge in [-0.1, -0.05) is 48.5 Å². The summed E-state index contributed by atoms with van der Waals surface area (Å²) in [5, 5.41) is 0. The molecule has 3 aliphatic heterocycles. The lowest BCUT2D eigenvalue weighted by molar-refractivity contribution is -0.141. The van der Waals surface area contributed by atoms with E-state index >= 15 is 0 Å². The molecule has 6 rings (SSSR count). The molecule has 0 unspecified atom stereocenters. The zero-order valence-corrected chi connectivity index (χ0v) is 23.8. The van der Waals surface area contributed by atoms with Crippen LogP contribution in [-0.2, 0) is 16.0 Å². The third-order valence-electron chi connectivity index (χ3n) is 9.21. The van der Waals surface area contributed by atoms with Gasteiger partial charge in [0.05, 0.1) is 6.67 Å². The van der Waals surface area contributed by atoms with Crippen molar-refractivity contribution in [2.24, 2.45) is 5.92 Å². The lowest BCUT2D eigenvalue weighted by Crippen LogP contribution is -2.57. The first kappa shape index (κ1) is 27.9. The monoisotopic (exact) mass is 568 g/mol. The van der Waals surface area contributed by atoms with Gasteiger partial charge in [0.2, 0.25) is 5.91 Å². The number of nitrogens with zero attached hydrogens (tertiary/aromatic N) is 4. The second-order valence-electron chi connectivity index (χ2n) is 11.8. The fourth-order valence-electron chi connectivity index (χ4n) is 6.77. The highest BCUT2D eigenvalue weighted by atomic mass is 19.1. The van der Waals surface area contributed by atoms with Gasteiger partial charge in [-0.15, -0.1) is 0 Å². The van der Waals surface area contributed by atoms with Crippen LogP contribution in [0.1, 0.15) is 41.6 Å². The van der Waals surface area contributed by atoms with Crippen LogP contribution in [-0.4, -0.2) is 77.4 Å². The standard InChI is InChI=1S/C34H37FN4O3/c35-29-13-11-28(12-14-29)32(41)37-21-17-34(18-22-37)33(42)38(25-39(34)30-9-5-2-6-10-30)24-31(40)36-19-15-27(16-20-36)23-26-7-3-1-4-8-26/h1-14,27H,15-25H2. The molecule has 3 aromatic carbocycles. The Morgan fingerprint density at radius 2 is 1.40 bits per heavy atom. The van der Waals surface area contributed by atoms with Crippen molar-refractivity contribution < 1.29 is 18.8 Å². The Balaban J connectivity index is 1.11. The number of benzene rings is 3. The van der Waals surface area contributed by atoms with Gasteiger partial charge in [-0.25, -0.2) is 4.39 Å². The number of anilines is 1. The summed E-state index contributed by atoms with van der Waals surface area (Å²) in [4.78, 5) is 48.1. The van der Waals surface area contributed by atoms with Gasteiger partial charge in [0.1, 0.15) is 17.9 Å². The van der Waals surface area contributed by atoms with E-state index in [1.54, 1.807) is 9.80 Å². The molecule has 218 valence electrons. The molecule has 3 aliphatic rings. The summed E-state index contributed by atoms with van der Waals surface area (Å²) in [7, 11) is 0. The minimum absolute atomic E-state index is 0.00417. The second-order valence-corrected chi connectivity index (χ2v) is 11.8. The van der Waals surface area contributed by atoms with Crippen LogP contribution in [0.2, 0.25) is 0 Å². The predicted molar refractivity (Wildman–Crippen MR) is 159 cm³/mol. The van der Waals surface area contributed by atoms with Crippen molar-refractivity contribution >= 4 is 23.4 Å². The molecule has 3 aromatic rings. The Morgan fingerprint density at radius 1 is 0.786 bits per heavy atom. The number of hydrogen-bond donors (Lipinski definition) is 0. The zero-order valence-electron chi connectivity index (χ0n) is 23.8. The number of carbonyl (C=O) groups excluding carboxylic acids is 3. The number of rotatable bonds is 6. The summed E-state index contributed by atoms with van der Waals surface area (Å²) in [6, 6.07) is 25.9. The van der Waals surface area contributed by atoms with E-state index in [4.69, 9.17) is 0 Å². The van der Waals surface area contributed by atoms with Crippen LogP contribution in [0.4, 0.5) is 10.1 Å². The average molecular weight is 569 g/mol. The minimum Gasteiger partial charge on any atom is -0.341 e. The summed E-state index contributed by atoms with van der Waals surface area (Å²) in [5.41, 5.74) is 1.89. The van der Waals surface area contributed by atoms with Crippen LogP contribution in [0.5, 0.6) is 0 Å². The first-order valence-electron chi connectivity index (χ1n) is 14.9. The summed E-state index contributed by atoms with van der Waals surface area (Å²) < 4.78 is 13.4. The predicted octanol–water partition coefficient (Wildman–Crippen LogP) is 4.59. The highest BCUT2D eigenvalue weighted by Gasteiger charge is 2.54. The zero-order chi connectivity index (χ0) is 29.1. The topological polar surface area (TPSA) is 64.2 Å². The first-order chi connectivity index (χ1) is 20.4. The number of para-hydroxylation sites is 1. The third-order valence-corrected chi connectivity index (χ3v) is 9.21. The molecule has 0 bridgehead atoms. The molecule has 3 fully saturated rings. The second kappa shape index (κ2) is 12.0. The van der Waals surface area contributed by atoms with Gasteiger partial charge in [0, 0.05) is 37.4 Å². The fraction of sp³-hybridized carbons (Fsp3) is 0.382. The maximum absolute atomic E-state index is 14.1. The largest absolute Gasteiger partial charge is 0.341 e. The van der Waals surface area contributed by atoms with Crippen molar-refractivity contribution in [1.82, 2.24) is 14.7 Å².